The molecule has 0 aliphatic heterocycles. The fourth-order valence-corrected chi connectivity index (χ4v) is 2.32. The Hall–Kier alpha value is -3.26. The van der Waals surface area contributed by atoms with Gasteiger partial charge >= 0.3 is 0 Å². The molecule has 1 amide bonds. The third kappa shape index (κ3) is 5.11. The lowest BCUT2D eigenvalue weighted by molar-refractivity contribution is -0.111. The number of amides is 1. The van der Waals surface area contributed by atoms with E-state index in [4.69, 9.17) is 14.7 Å². The lowest BCUT2D eigenvalue weighted by atomic mass is 10.1. The van der Waals surface area contributed by atoms with E-state index in [2.05, 4.69) is 5.32 Å². The van der Waals surface area contributed by atoms with Gasteiger partial charge in [-0.15, -0.1) is 0 Å². The van der Waals surface area contributed by atoms with Crippen LogP contribution in [0.2, 0.25) is 0 Å². The summed E-state index contributed by atoms with van der Waals surface area (Å²) < 4.78 is 10.5. The van der Waals surface area contributed by atoms with Crippen LogP contribution in [0.25, 0.3) is 6.08 Å². The van der Waals surface area contributed by atoms with Crippen molar-refractivity contribution in [3.8, 4) is 17.6 Å². The van der Waals surface area contributed by atoms with Crippen LogP contribution in [0.1, 0.15) is 16.7 Å². The summed E-state index contributed by atoms with van der Waals surface area (Å²) >= 11 is 0. The number of methoxy groups -OCH3 is 1. The molecule has 0 aromatic heterocycles. The number of carbonyl (C=O) groups excluding carboxylic acids is 1. The van der Waals surface area contributed by atoms with Crippen LogP contribution < -0.4 is 14.8 Å². The number of nitriles is 1. The first-order chi connectivity index (χ1) is 12.0. The van der Waals surface area contributed by atoms with E-state index in [1.807, 2.05) is 38.1 Å². The second kappa shape index (κ2) is 8.55. The number of hydrogen-bond donors (Lipinski definition) is 1. The predicted molar refractivity (Wildman–Crippen MR) is 97.7 cm³/mol. The largest absolute Gasteiger partial charge is 0.493 e. The SMILES string of the molecule is COc1cc(/C=C/C(=O)Nc2ccc(C)cc2C)ccc1OCC#N. The quantitative estimate of drug-likeness (QED) is 0.813. The minimum atomic E-state index is -0.212. The lowest BCUT2D eigenvalue weighted by Gasteiger charge is -2.09. The van der Waals surface area contributed by atoms with Gasteiger partial charge in [-0.05, 0) is 49.2 Å². The molecule has 0 heterocycles. The minimum Gasteiger partial charge on any atom is -0.493 e. The summed E-state index contributed by atoms with van der Waals surface area (Å²) in [5, 5.41) is 11.4. The molecule has 2 aromatic carbocycles. The Morgan fingerprint density at radius 1 is 1.20 bits per heavy atom. The number of anilines is 1. The molecule has 0 spiro atoms. The molecule has 0 atom stereocenters. The summed E-state index contributed by atoms with van der Waals surface area (Å²) in [5.74, 6) is 0.781. The summed E-state index contributed by atoms with van der Waals surface area (Å²) in [6, 6.07) is 13.0. The highest BCUT2D eigenvalue weighted by Gasteiger charge is 2.05. The maximum atomic E-state index is 12.1. The number of benzene rings is 2. The van der Waals surface area contributed by atoms with Crippen molar-refractivity contribution in [1.29, 1.82) is 5.26 Å². The first kappa shape index (κ1) is 18.1. The zero-order valence-corrected chi connectivity index (χ0v) is 14.5. The van der Waals surface area contributed by atoms with E-state index in [1.165, 1.54) is 13.2 Å². The topological polar surface area (TPSA) is 71.3 Å². The van der Waals surface area contributed by atoms with Gasteiger partial charge < -0.3 is 14.8 Å². The van der Waals surface area contributed by atoms with E-state index >= 15 is 0 Å². The first-order valence-electron chi connectivity index (χ1n) is 7.77. The monoisotopic (exact) mass is 336 g/mol. The van der Waals surface area contributed by atoms with Crippen LogP contribution in [0.5, 0.6) is 11.5 Å². The van der Waals surface area contributed by atoms with Crippen molar-refractivity contribution in [2.75, 3.05) is 19.0 Å². The van der Waals surface area contributed by atoms with Gasteiger partial charge in [0.1, 0.15) is 6.07 Å². The van der Waals surface area contributed by atoms with Crippen molar-refractivity contribution in [3.05, 3.63) is 59.2 Å². The zero-order valence-electron chi connectivity index (χ0n) is 14.5. The van der Waals surface area contributed by atoms with E-state index < -0.39 is 0 Å². The van der Waals surface area contributed by atoms with Crippen LogP contribution in [0.4, 0.5) is 5.69 Å². The van der Waals surface area contributed by atoms with Crippen molar-refractivity contribution in [3.63, 3.8) is 0 Å². The van der Waals surface area contributed by atoms with Crippen molar-refractivity contribution < 1.29 is 14.3 Å². The lowest BCUT2D eigenvalue weighted by Crippen LogP contribution is -2.08. The Morgan fingerprint density at radius 3 is 2.68 bits per heavy atom. The molecule has 1 N–H and O–H groups in total. The van der Waals surface area contributed by atoms with Crippen LogP contribution in [0, 0.1) is 25.2 Å². The molecule has 128 valence electrons. The van der Waals surface area contributed by atoms with E-state index in [1.54, 1.807) is 24.3 Å². The average Bonchev–Trinajstić information content (AvgIpc) is 2.60. The van der Waals surface area contributed by atoms with E-state index in [9.17, 15) is 4.79 Å². The van der Waals surface area contributed by atoms with Gasteiger partial charge in [-0.3, -0.25) is 4.79 Å². The highest BCUT2D eigenvalue weighted by molar-refractivity contribution is 6.02. The number of aryl methyl sites for hydroxylation is 2. The van der Waals surface area contributed by atoms with Gasteiger partial charge in [0, 0.05) is 11.8 Å². The van der Waals surface area contributed by atoms with E-state index in [0.717, 1.165) is 22.4 Å². The molecule has 5 nitrogen and oxygen atoms in total. The Kier molecular flexibility index (Phi) is 6.19. The van der Waals surface area contributed by atoms with Crippen molar-refractivity contribution in [2.45, 2.75) is 13.8 Å². The second-order valence-corrected chi connectivity index (χ2v) is 5.50. The number of nitrogens with one attached hydrogen (secondary N) is 1. The van der Waals surface area contributed by atoms with Crippen LogP contribution in [-0.4, -0.2) is 19.6 Å². The van der Waals surface area contributed by atoms with E-state index in [0.29, 0.717) is 11.5 Å². The normalized spacial score (nSPS) is 10.3. The summed E-state index contributed by atoms with van der Waals surface area (Å²) in [5.41, 5.74) is 3.74. The van der Waals surface area contributed by atoms with Crippen LogP contribution in [0.3, 0.4) is 0 Å². The molecule has 25 heavy (non-hydrogen) atoms. The molecule has 0 unspecified atom stereocenters. The number of hydrogen-bond acceptors (Lipinski definition) is 4. The molecule has 0 radical (unpaired) electrons. The molecule has 2 rings (SSSR count). The third-order valence-electron chi connectivity index (χ3n) is 3.55. The van der Waals surface area contributed by atoms with Gasteiger partial charge in [0.2, 0.25) is 5.91 Å². The van der Waals surface area contributed by atoms with Crippen LogP contribution in [-0.2, 0) is 4.79 Å². The van der Waals surface area contributed by atoms with Gasteiger partial charge in [-0.2, -0.15) is 5.26 Å². The predicted octanol–water partition coefficient (Wildman–Crippen LogP) is 3.87. The molecule has 0 saturated carbocycles. The fourth-order valence-electron chi connectivity index (χ4n) is 2.32. The van der Waals surface area contributed by atoms with Gasteiger partial charge in [0.25, 0.3) is 0 Å². The molecule has 0 bridgehead atoms. The molecule has 0 fully saturated rings. The summed E-state index contributed by atoms with van der Waals surface area (Å²) in [6.07, 6.45) is 3.15. The molecule has 0 saturated heterocycles. The molecule has 0 aliphatic rings. The Labute approximate surface area is 147 Å². The van der Waals surface area contributed by atoms with Crippen molar-refractivity contribution >= 4 is 17.7 Å². The summed E-state index contributed by atoms with van der Waals surface area (Å²) in [7, 11) is 1.52. The molecular weight excluding hydrogens is 316 g/mol. The smallest absolute Gasteiger partial charge is 0.248 e. The summed E-state index contributed by atoms with van der Waals surface area (Å²) in [4.78, 5) is 12.1. The van der Waals surface area contributed by atoms with Gasteiger partial charge in [-0.1, -0.05) is 23.8 Å². The Balaban J connectivity index is 2.07. The van der Waals surface area contributed by atoms with E-state index in [-0.39, 0.29) is 12.5 Å². The number of carbonyl (C=O) groups is 1. The fraction of sp³-hybridized carbons (Fsp3) is 0.200. The maximum Gasteiger partial charge on any atom is 0.248 e. The number of rotatable bonds is 6. The average molecular weight is 336 g/mol. The molecule has 2 aromatic rings. The summed E-state index contributed by atoms with van der Waals surface area (Å²) in [6.45, 7) is 3.91. The highest BCUT2D eigenvalue weighted by atomic mass is 16.5. The highest BCUT2D eigenvalue weighted by Crippen LogP contribution is 2.28. The molecule has 5 heteroatoms. The second-order valence-electron chi connectivity index (χ2n) is 5.50. The number of ether oxygens (including phenoxy) is 2. The van der Waals surface area contributed by atoms with Crippen LogP contribution >= 0.6 is 0 Å². The first-order valence-corrected chi connectivity index (χ1v) is 7.77. The van der Waals surface area contributed by atoms with Crippen molar-refractivity contribution in [2.24, 2.45) is 0 Å². The third-order valence-corrected chi connectivity index (χ3v) is 3.55. The standard InChI is InChI=1S/C20H20N2O3/c1-14-4-7-17(15(2)12-14)22-20(23)9-6-16-5-8-18(25-11-10-21)19(13-16)24-3/h4-9,12-13H,11H2,1-3H3,(H,22,23)/b9-6+. The number of nitrogens with zero attached hydrogens (tertiary/aromatic N) is 1. The maximum absolute atomic E-state index is 12.1. The van der Waals surface area contributed by atoms with Gasteiger partial charge in [0.15, 0.2) is 18.1 Å². The molecular formula is C20H20N2O3. The zero-order chi connectivity index (χ0) is 18.2. The Bertz CT molecular complexity index is 835. The van der Waals surface area contributed by atoms with Crippen LogP contribution in [0.15, 0.2) is 42.5 Å². The van der Waals surface area contributed by atoms with Gasteiger partial charge in [0.05, 0.1) is 7.11 Å². The Morgan fingerprint density at radius 2 is 2.00 bits per heavy atom. The van der Waals surface area contributed by atoms with Gasteiger partial charge in [-0.25, -0.2) is 0 Å². The molecule has 0 aliphatic carbocycles. The minimum absolute atomic E-state index is 0.0517. The van der Waals surface area contributed by atoms with Crippen molar-refractivity contribution in [1.82, 2.24) is 0 Å².